The molecular formula is C11H16N2O5S. The largest absolute Gasteiger partial charge is 0.448 e. The van der Waals surface area contributed by atoms with Gasteiger partial charge in [0.2, 0.25) is 10.0 Å². The van der Waals surface area contributed by atoms with Crippen LogP contribution in [0.1, 0.15) is 18.6 Å². The molecule has 1 unspecified atom stereocenters. The molecule has 0 heterocycles. The van der Waals surface area contributed by atoms with E-state index in [2.05, 4.69) is 9.46 Å². The van der Waals surface area contributed by atoms with Crippen molar-refractivity contribution in [2.24, 2.45) is 5.73 Å². The third-order valence-electron chi connectivity index (χ3n) is 2.31. The highest BCUT2D eigenvalue weighted by atomic mass is 32.2. The summed E-state index contributed by atoms with van der Waals surface area (Å²) >= 11 is 0. The Bertz CT molecular complexity index is 525. The lowest BCUT2D eigenvalue weighted by atomic mass is 10.1. The summed E-state index contributed by atoms with van der Waals surface area (Å²) in [4.78, 5) is 10.4. The minimum atomic E-state index is -3.66. The van der Waals surface area contributed by atoms with Crippen LogP contribution in [-0.2, 0) is 14.8 Å². The third-order valence-corrected chi connectivity index (χ3v) is 3.79. The van der Waals surface area contributed by atoms with Gasteiger partial charge in [0, 0.05) is 6.54 Å². The number of primary amides is 1. The molecule has 106 valence electrons. The van der Waals surface area contributed by atoms with Crippen LogP contribution in [-0.4, -0.2) is 32.8 Å². The summed E-state index contributed by atoms with van der Waals surface area (Å²) < 4.78 is 30.3. The van der Waals surface area contributed by atoms with Gasteiger partial charge in [0.05, 0.1) is 11.0 Å². The maximum atomic E-state index is 11.8. The maximum absolute atomic E-state index is 11.8. The highest BCUT2D eigenvalue weighted by molar-refractivity contribution is 7.89. The van der Waals surface area contributed by atoms with Crippen molar-refractivity contribution in [2.75, 3.05) is 13.2 Å². The van der Waals surface area contributed by atoms with Crippen LogP contribution in [0.2, 0.25) is 0 Å². The molecule has 8 heteroatoms. The Hall–Kier alpha value is -1.64. The Morgan fingerprint density at radius 2 is 2.00 bits per heavy atom. The molecule has 4 N–H and O–H groups in total. The number of benzene rings is 1. The number of rotatable bonds is 6. The number of ether oxygens (including phenoxy) is 1. The number of carbonyl (C=O) groups excluding carboxylic acids is 1. The summed E-state index contributed by atoms with van der Waals surface area (Å²) in [5, 5.41) is 9.32. The van der Waals surface area contributed by atoms with Crippen LogP contribution < -0.4 is 10.5 Å². The second kappa shape index (κ2) is 6.50. The van der Waals surface area contributed by atoms with E-state index >= 15 is 0 Å². The van der Waals surface area contributed by atoms with Crippen LogP contribution in [0.15, 0.2) is 29.2 Å². The van der Waals surface area contributed by atoms with Gasteiger partial charge in [-0.15, -0.1) is 0 Å². The Labute approximate surface area is 111 Å². The minimum Gasteiger partial charge on any atom is -0.448 e. The van der Waals surface area contributed by atoms with E-state index in [1.807, 2.05) is 0 Å². The van der Waals surface area contributed by atoms with E-state index < -0.39 is 22.2 Å². The molecule has 1 rings (SSSR count). The van der Waals surface area contributed by atoms with Crippen LogP contribution >= 0.6 is 0 Å². The molecule has 1 aromatic rings. The predicted octanol–water partition coefficient (Wildman–Crippen LogP) is 0.113. The molecular weight excluding hydrogens is 272 g/mol. The first-order chi connectivity index (χ1) is 8.83. The summed E-state index contributed by atoms with van der Waals surface area (Å²) in [5.74, 6) is 0. The fourth-order valence-corrected chi connectivity index (χ4v) is 2.35. The third kappa shape index (κ3) is 4.86. The minimum absolute atomic E-state index is 0.0657. The number of amides is 1. The van der Waals surface area contributed by atoms with Gasteiger partial charge >= 0.3 is 6.09 Å². The second-order valence-corrected chi connectivity index (χ2v) is 5.58. The highest BCUT2D eigenvalue weighted by Gasteiger charge is 2.13. The van der Waals surface area contributed by atoms with Crippen molar-refractivity contribution in [3.05, 3.63) is 29.8 Å². The zero-order chi connectivity index (χ0) is 14.5. The smallest absolute Gasteiger partial charge is 0.404 e. The molecule has 0 saturated heterocycles. The van der Waals surface area contributed by atoms with E-state index in [0.29, 0.717) is 5.56 Å². The molecule has 0 radical (unpaired) electrons. The van der Waals surface area contributed by atoms with Gasteiger partial charge in [-0.2, -0.15) is 0 Å². The molecule has 1 aromatic carbocycles. The van der Waals surface area contributed by atoms with Crippen molar-refractivity contribution in [3.63, 3.8) is 0 Å². The van der Waals surface area contributed by atoms with E-state index in [1.54, 1.807) is 6.92 Å². The first kappa shape index (κ1) is 15.4. The van der Waals surface area contributed by atoms with Crippen molar-refractivity contribution >= 4 is 16.1 Å². The lowest BCUT2D eigenvalue weighted by Crippen LogP contribution is -2.29. The number of nitrogens with one attached hydrogen (secondary N) is 1. The number of sulfonamides is 1. The number of carbonyl (C=O) groups is 1. The number of nitrogens with two attached hydrogens (primary N) is 1. The SMILES string of the molecule is CC(O)c1ccc(S(=O)(=O)NCCOC(N)=O)cc1. The maximum Gasteiger partial charge on any atom is 0.404 e. The molecule has 0 bridgehead atoms. The molecule has 0 aliphatic rings. The first-order valence-electron chi connectivity index (χ1n) is 5.53. The zero-order valence-corrected chi connectivity index (χ0v) is 11.2. The Kier molecular flexibility index (Phi) is 5.28. The number of hydrogen-bond donors (Lipinski definition) is 3. The summed E-state index contributed by atoms with van der Waals surface area (Å²) in [6, 6.07) is 5.83. The van der Waals surface area contributed by atoms with Crippen LogP contribution in [0.5, 0.6) is 0 Å². The van der Waals surface area contributed by atoms with Crippen molar-refractivity contribution in [1.82, 2.24) is 4.72 Å². The van der Waals surface area contributed by atoms with Gasteiger partial charge in [-0.1, -0.05) is 12.1 Å². The first-order valence-corrected chi connectivity index (χ1v) is 7.01. The average molecular weight is 288 g/mol. The van der Waals surface area contributed by atoms with Gasteiger partial charge in [-0.25, -0.2) is 17.9 Å². The number of hydrogen-bond acceptors (Lipinski definition) is 5. The monoisotopic (exact) mass is 288 g/mol. The molecule has 1 amide bonds. The van der Waals surface area contributed by atoms with Gasteiger partial charge in [0.15, 0.2) is 0 Å². The predicted molar refractivity (Wildman–Crippen MR) is 67.8 cm³/mol. The quantitative estimate of drug-likeness (QED) is 0.642. The zero-order valence-electron chi connectivity index (χ0n) is 10.4. The molecule has 0 saturated carbocycles. The van der Waals surface area contributed by atoms with Gasteiger partial charge in [0.25, 0.3) is 0 Å². The molecule has 19 heavy (non-hydrogen) atoms. The summed E-state index contributed by atoms with van der Waals surface area (Å²) in [5.41, 5.74) is 5.36. The molecule has 1 atom stereocenters. The fourth-order valence-electron chi connectivity index (χ4n) is 1.34. The molecule has 0 spiro atoms. The molecule has 0 aliphatic heterocycles. The Morgan fingerprint density at radius 1 is 1.42 bits per heavy atom. The van der Waals surface area contributed by atoms with Crippen LogP contribution in [0, 0.1) is 0 Å². The average Bonchev–Trinajstić information content (AvgIpc) is 2.34. The van der Waals surface area contributed by atoms with E-state index in [4.69, 9.17) is 5.73 Å². The topological polar surface area (TPSA) is 119 Å². The molecule has 7 nitrogen and oxygen atoms in total. The van der Waals surface area contributed by atoms with Gasteiger partial charge in [-0.3, -0.25) is 0 Å². The number of aliphatic hydroxyl groups excluding tert-OH is 1. The van der Waals surface area contributed by atoms with E-state index in [1.165, 1.54) is 24.3 Å². The molecule has 0 aromatic heterocycles. The van der Waals surface area contributed by atoms with Crippen LogP contribution in [0.4, 0.5) is 4.79 Å². The summed E-state index contributed by atoms with van der Waals surface area (Å²) in [6.45, 7) is 1.38. The lowest BCUT2D eigenvalue weighted by Gasteiger charge is -2.08. The van der Waals surface area contributed by atoms with Gasteiger partial charge in [0.1, 0.15) is 6.61 Å². The van der Waals surface area contributed by atoms with Gasteiger partial charge in [-0.05, 0) is 24.6 Å². The van der Waals surface area contributed by atoms with Crippen molar-refractivity contribution in [2.45, 2.75) is 17.9 Å². The van der Waals surface area contributed by atoms with Crippen molar-refractivity contribution in [3.8, 4) is 0 Å². The van der Waals surface area contributed by atoms with E-state index in [-0.39, 0.29) is 18.0 Å². The highest BCUT2D eigenvalue weighted by Crippen LogP contribution is 2.15. The van der Waals surface area contributed by atoms with Crippen molar-refractivity contribution in [1.29, 1.82) is 0 Å². The molecule has 0 aliphatic carbocycles. The summed E-state index contributed by atoms with van der Waals surface area (Å²) in [6.07, 6.45) is -1.62. The molecule has 0 fully saturated rings. The van der Waals surface area contributed by atoms with Crippen LogP contribution in [0.25, 0.3) is 0 Å². The number of aliphatic hydroxyl groups is 1. The Balaban J connectivity index is 2.64. The van der Waals surface area contributed by atoms with E-state index in [9.17, 15) is 18.3 Å². The standard InChI is InChI=1S/C11H16N2O5S/c1-8(14)9-2-4-10(5-3-9)19(16,17)13-6-7-18-11(12)15/h2-5,8,13-14H,6-7H2,1H3,(H2,12,15). The fraction of sp³-hybridized carbons (Fsp3) is 0.364. The van der Waals surface area contributed by atoms with Gasteiger partial charge < -0.3 is 15.6 Å². The Morgan fingerprint density at radius 3 is 2.47 bits per heavy atom. The second-order valence-electron chi connectivity index (χ2n) is 3.81. The van der Waals surface area contributed by atoms with Crippen LogP contribution in [0.3, 0.4) is 0 Å². The normalized spacial score (nSPS) is 12.9. The lowest BCUT2D eigenvalue weighted by molar-refractivity contribution is 0.159. The summed E-state index contributed by atoms with van der Waals surface area (Å²) in [7, 11) is -3.66. The van der Waals surface area contributed by atoms with E-state index in [0.717, 1.165) is 0 Å². The van der Waals surface area contributed by atoms with Crippen molar-refractivity contribution < 1.29 is 23.1 Å².